The van der Waals surface area contributed by atoms with Crippen molar-refractivity contribution in [3.63, 3.8) is 0 Å². The van der Waals surface area contributed by atoms with Crippen molar-refractivity contribution < 1.29 is 14.9 Å². The summed E-state index contributed by atoms with van der Waals surface area (Å²) in [5.41, 5.74) is 0.805. The molecule has 1 aromatic carbocycles. The van der Waals surface area contributed by atoms with Crippen LogP contribution < -0.4 is 4.74 Å². The summed E-state index contributed by atoms with van der Waals surface area (Å²) in [5, 5.41) is 18.3. The maximum atomic E-state index is 9.67. The molecule has 0 heterocycles. The first-order valence-corrected chi connectivity index (χ1v) is 7.15. The zero-order valence-corrected chi connectivity index (χ0v) is 12.3. The van der Waals surface area contributed by atoms with Gasteiger partial charge in [0, 0.05) is 16.6 Å². The fourth-order valence-electron chi connectivity index (χ4n) is 1.73. The molecule has 0 unspecified atom stereocenters. The van der Waals surface area contributed by atoms with Crippen LogP contribution in [0.1, 0.15) is 44.3 Å². The van der Waals surface area contributed by atoms with E-state index in [2.05, 4.69) is 15.9 Å². The highest BCUT2D eigenvalue weighted by Gasteiger charge is 2.09. The van der Waals surface area contributed by atoms with E-state index in [1.54, 1.807) is 6.92 Å². The molecule has 1 aromatic rings. The molecule has 1 atom stereocenters. The number of hydrogen-bond donors (Lipinski definition) is 2. The van der Waals surface area contributed by atoms with Crippen LogP contribution in [0.4, 0.5) is 0 Å². The van der Waals surface area contributed by atoms with Gasteiger partial charge in [-0.2, -0.15) is 0 Å². The average Bonchev–Trinajstić information content (AvgIpc) is 2.35. The van der Waals surface area contributed by atoms with E-state index in [1.807, 2.05) is 18.2 Å². The fourth-order valence-corrected chi connectivity index (χ4v) is 2.11. The Morgan fingerprint density at radius 1 is 1.22 bits per heavy atom. The molecule has 1 rings (SSSR count). The molecular weight excluding hydrogens is 296 g/mol. The van der Waals surface area contributed by atoms with Crippen molar-refractivity contribution in [3.8, 4) is 5.75 Å². The fraction of sp³-hybridized carbons (Fsp3) is 0.571. The lowest BCUT2D eigenvalue weighted by Gasteiger charge is -2.13. The molecule has 0 bridgehead atoms. The Hall–Kier alpha value is -0.580. The summed E-state index contributed by atoms with van der Waals surface area (Å²) < 4.78 is 6.63. The van der Waals surface area contributed by atoms with E-state index in [-0.39, 0.29) is 6.61 Å². The molecule has 2 N–H and O–H groups in total. The maximum absolute atomic E-state index is 9.67. The minimum Gasteiger partial charge on any atom is -0.493 e. The number of aliphatic hydroxyl groups is 2. The molecule has 0 saturated heterocycles. The first-order valence-electron chi connectivity index (χ1n) is 6.36. The molecule has 0 radical (unpaired) electrons. The molecule has 4 heteroatoms. The summed E-state index contributed by atoms with van der Waals surface area (Å²) in [5.74, 6) is 0.746. The summed E-state index contributed by atoms with van der Waals surface area (Å²) in [6.45, 7) is 2.64. The highest BCUT2D eigenvalue weighted by atomic mass is 79.9. The van der Waals surface area contributed by atoms with Crippen LogP contribution in [0, 0.1) is 0 Å². The van der Waals surface area contributed by atoms with Gasteiger partial charge in [-0.05, 0) is 44.4 Å². The van der Waals surface area contributed by atoms with E-state index in [0.29, 0.717) is 6.61 Å². The summed E-state index contributed by atoms with van der Waals surface area (Å²) in [7, 11) is 0. The number of benzene rings is 1. The molecule has 18 heavy (non-hydrogen) atoms. The SMILES string of the molecule is C[C@@H](O)c1cc(Br)ccc1OCCCCCCO. The van der Waals surface area contributed by atoms with Gasteiger partial charge in [0.1, 0.15) is 5.75 Å². The van der Waals surface area contributed by atoms with E-state index >= 15 is 0 Å². The van der Waals surface area contributed by atoms with Crippen LogP contribution in [0.3, 0.4) is 0 Å². The molecule has 0 aliphatic rings. The first-order chi connectivity index (χ1) is 8.65. The predicted molar refractivity (Wildman–Crippen MR) is 75.8 cm³/mol. The van der Waals surface area contributed by atoms with Crippen LogP contribution in [-0.2, 0) is 0 Å². The van der Waals surface area contributed by atoms with Crippen LogP contribution in [0.15, 0.2) is 22.7 Å². The van der Waals surface area contributed by atoms with Gasteiger partial charge in [0.25, 0.3) is 0 Å². The third-order valence-corrected chi connectivity index (χ3v) is 3.23. The molecule has 3 nitrogen and oxygen atoms in total. The van der Waals surface area contributed by atoms with E-state index in [9.17, 15) is 5.11 Å². The summed E-state index contributed by atoms with van der Waals surface area (Å²) in [6.07, 6.45) is 3.38. The monoisotopic (exact) mass is 316 g/mol. The van der Waals surface area contributed by atoms with E-state index in [4.69, 9.17) is 9.84 Å². The van der Waals surface area contributed by atoms with Crippen molar-refractivity contribution in [1.29, 1.82) is 0 Å². The number of rotatable bonds is 8. The van der Waals surface area contributed by atoms with Gasteiger partial charge < -0.3 is 14.9 Å². The Morgan fingerprint density at radius 3 is 2.61 bits per heavy atom. The molecule has 0 fully saturated rings. The largest absolute Gasteiger partial charge is 0.493 e. The van der Waals surface area contributed by atoms with Gasteiger partial charge in [-0.25, -0.2) is 0 Å². The van der Waals surface area contributed by atoms with Crippen molar-refractivity contribution in [2.45, 2.75) is 38.7 Å². The van der Waals surface area contributed by atoms with Gasteiger partial charge in [-0.1, -0.05) is 22.4 Å². The molecule has 0 aliphatic carbocycles. The van der Waals surface area contributed by atoms with Crippen molar-refractivity contribution >= 4 is 15.9 Å². The molecule has 0 amide bonds. The van der Waals surface area contributed by atoms with E-state index in [0.717, 1.165) is 41.5 Å². The standard InChI is InChI=1S/C14H21BrO3/c1-11(17)13-10-12(15)6-7-14(13)18-9-5-3-2-4-8-16/h6-7,10-11,16-17H,2-5,8-9H2,1H3/t11-/m1/s1. The minimum atomic E-state index is -0.535. The summed E-state index contributed by atoms with van der Waals surface area (Å²) in [4.78, 5) is 0. The quantitative estimate of drug-likeness (QED) is 0.722. The topological polar surface area (TPSA) is 49.7 Å². The number of ether oxygens (including phenoxy) is 1. The Morgan fingerprint density at radius 2 is 1.94 bits per heavy atom. The second-order valence-corrected chi connectivity index (χ2v) is 5.26. The number of halogens is 1. The van der Waals surface area contributed by atoms with Crippen LogP contribution in [0.5, 0.6) is 5.75 Å². The highest BCUT2D eigenvalue weighted by molar-refractivity contribution is 9.10. The van der Waals surface area contributed by atoms with Crippen molar-refractivity contribution in [2.24, 2.45) is 0 Å². The second-order valence-electron chi connectivity index (χ2n) is 4.34. The second kappa shape index (κ2) is 8.51. The average molecular weight is 317 g/mol. The number of aliphatic hydroxyl groups excluding tert-OH is 2. The van der Waals surface area contributed by atoms with Gasteiger partial charge in [-0.15, -0.1) is 0 Å². The Bertz CT molecular complexity index is 353. The van der Waals surface area contributed by atoms with Crippen LogP contribution in [-0.4, -0.2) is 23.4 Å². The lowest BCUT2D eigenvalue weighted by Crippen LogP contribution is -2.02. The zero-order valence-electron chi connectivity index (χ0n) is 10.7. The zero-order chi connectivity index (χ0) is 13.4. The van der Waals surface area contributed by atoms with E-state index in [1.165, 1.54) is 0 Å². The Labute approximate surface area is 117 Å². The predicted octanol–water partition coefficient (Wildman–Crippen LogP) is 3.43. The van der Waals surface area contributed by atoms with Gasteiger partial charge in [0.05, 0.1) is 12.7 Å². The van der Waals surface area contributed by atoms with Gasteiger partial charge >= 0.3 is 0 Å². The van der Waals surface area contributed by atoms with Crippen molar-refractivity contribution in [1.82, 2.24) is 0 Å². The normalized spacial score (nSPS) is 12.4. The number of unbranched alkanes of at least 4 members (excludes halogenated alkanes) is 3. The summed E-state index contributed by atoms with van der Waals surface area (Å²) >= 11 is 3.38. The van der Waals surface area contributed by atoms with Crippen LogP contribution in [0.25, 0.3) is 0 Å². The molecular formula is C14H21BrO3. The highest BCUT2D eigenvalue weighted by Crippen LogP contribution is 2.28. The first kappa shape index (κ1) is 15.5. The van der Waals surface area contributed by atoms with Crippen molar-refractivity contribution in [3.05, 3.63) is 28.2 Å². The van der Waals surface area contributed by atoms with Gasteiger partial charge in [0.15, 0.2) is 0 Å². The molecule has 0 aromatic heterocycles. The van der Waals surface area contributed by atoms with E-state index < -0.39 is 6.10 Å². The lowest BCUT2D eigenvalue weighted by atomic mass is 10.1. The minimum absolute atomic E-state index is 0.264. The molecule has 0 aliphatic heterocycles. The maximum Gasteiger partial charge on any atom is 0.125 e. The van der Waals surface area contributed by atoms with Crippen LogP contribution >= 0.6 is 15.9 Å². The molecule has 0 spiro atoms. The van der Waals surface area contributed by atoms with Crippen molar-refractivity contribution in [2.75, 3.05) is 13.2 Å². The molecule has 0 saturated carbocycles. The lowest BCUT2D eigenvalue weighted by molar-refractivity contribution is 0.190. The summed E-state index contributed by atoms with van der Waals surface area (Å²) in [6, 6.07) is 5.67. The third-order valence-electron chi connectivity index (χ3n) is 2.73. The molecule has 102 valence electrons. The van der Waals surface area contributed by atoms with Crippen LogP contribution in [0.2, 0.25) is 0 Å². The third kappa shape index (κ3) is 5.38. The van der Waals surface area contributed by atoms with Gasteiger partial charge in [-0.3, -0.25) is 0 Å². The Kier molecular flexibility index (Phi) is 7.32. The smallest absolute Gasteiger partial charge is 0.125 e. The number of hydrogen-bond acceptors (Lipinski definition) is 3. The van der Waals surface area contributed by atoms with Gasteiger partial charge in [0.2, 0.25) is 0 Å². The Balaban J connectivity index is 2.42.